The Labute approximate surface area is 110 Å². The number of amides is 1. The fourth-order valence-electron chi connectivity index (χ4n) is 1.70. The molecule has 0 radical (unpaired) electrons. The fourth-order valence-corrected chi connectivity index (χ4v) is 2.40. The maximum atomic E-state index is 11.9. The van der Waals surface area contributed by atoms with Crippen LogP contribution in [0.5, 0.6) is 0 Å². The highest BCUT2D eigenvalue weighted by Gasteiger charge is 2.11. The van der Waals surface area contributed by atoms with Crippen LogP contribution < -0.4 is 0 Å². The molecule has 0 aliphatic heterocycles. The highest BCUT2D eigenvalue weighted by atomic mass is 32.1. The van der Waals surface area contributed by atoms with Gasteiger partial charge in [-0.15, -0.1) is 0 Å². The third kappa shape index (κ3) is 3.43. The summed E-state index contributed by atoms with van der Waals surface area (Å²) >= 11 is 1.66. The van der Waals surface area contributed by atoms with E-state index in [1.807, 2.05) is 18.4 Å². The lowest BCUT2D eigenvalue weighted by molar-refractivity contribution is -0.130. The number of aryl methyl sites for hydroxylation is 2. The lowest BCUT2D eigenvalue weighted by atomic mass is 10.2. The second kappa shape index (κ2) is 5.82. The van der Waals surface area contributed by atoms with Gasteiger partial charge in [-0.05, 0) is 35.7 Å². The number of hydrogen-bond acceptors (Lipinski definition) is 4. The maximum Gasteiger partial charge on any atom is 0.222 e. The van der Waals surface area contributed by atoms with Gasteiger partial charge in [0.1, 0.15) is 11.5 Å². The van der Waals surface area contributed by atoms with Crippen LogP contribution in [0, 0.1) is 6.92 Å². The molecule has 0 N–H and O–H groups in total. The zero-order chi connectivity index (χ0) is 13.0. The molecular formula is C13H16N2O2S. The van der Waals surface area contributed by atoms with Crippen molar-refractivity contribution in [2.45, 2.75) is 26.3 Å². The molecule has 2 rings (SSSR count). The van der Waals surface area contributed by atoms with Gasteiger partial charge in [0.05, 0.1) is 6.54 Å². The van der Waals surface area contributed by atoms with E-state index in [9.17, 15) is 4.79 Å². The van der Waals surface area contributed by atoms with Crippen molar-refractivity contribution in [2.24, 2.45) is 0 Å². The summed E-state index contributed by atoms with van der Waals surface area (Å²) < 4.78 is 4.98. The minimum atomic E-state index is 0.127. The number of rotatable bonds is 5. The van der Waals surface area contributed by atoms with E-state index in [2.05, 4.69) is 16.6 Å². The Morgan fingerprint density at radius 3 is 3.00 bits per heavy atom. The molecule has 0 spiro atoms. The first-order chi connectivity index (χ1) is 8.65. The lowest BCUT2D eigenvalue weighted by Crippen LogP contribution is -2.26. The van der Waals surface area contributed by atoms with Crippen LogP contribution in [0.1, 0.15) is 23.4 Å². The van der Waals surface area contributed by atoms with Crippen molar-refractivity contribution in [2.75, 3.05) is 7.05 Å². The molecule has 5 heteroatoms. The predicted octanol–water partition coefficient (Wildman–Crippen LogP) is 2.64. The fraction of sp³-hybridized carbons (Fsp3) is 0.385. The number of aromatic nitrogens is 1. The van der Waals surface area contributed by atoms with Crippen molar-refractivity contribution in [1.82, 2.24) is 10.1 Å². The van der Waals surface area contributed by atoms with E-state index < -0.39 is 0 Å². The SMILES string of the molecule is Cc1cc(CN(C)C(=O)CCc2ccsc2)no1. The first-order valence-corrected chi connectivity index (χ1v) is 6.76. The number of carbonyl (C=O) groups excluding carboxylic acids is 1. The Hall–Kier alpha value is -1.62. The molecule has 0 bridgehead atoms. The molecular weight excluding hydrogens is 248 g/mol. The van der Waals surface area contributed by atoms with Gasteiger partial charge >= 0.3 is 0 Å². The quantitative estimate of drug-likeness (QED) is 0.834. The highest BCUT2D eigenvalue weighted by Crippen LogP contribution is 2.10. The second-order valence-electron chi connectivity index (χ2n) is 4.31. The Kier molecular flexibility index (Phi) is 4.15. The van der Waals surface area contributed by atoms with Crippen molar-refractivity contribution in [1.29, 1.82) is 0 Å². The lowest BCUT2D eigenvalue weighted by Gasteiger charge is -2.15. The van der Waals surface area contributed by atoms with E-state index in [4.69, 9.17) is 4.52 Å². The molecule has 0 aliphatic carbocycles. The van der Waals surface area contributed by atoms with Crippen LogP contribution in [0.3, 0.4) is 0 Å². The zero-order valence-corrected chi connectivity index (χ0v) is 11.4. The predicted molar refractivity (Wildman–Crippen MR) is 70.4 cm³/mol. The second-order valence-corrected chi connectivity index (χ2v) is 5.09. The highest BCUT2D eigenvalue weighted by molar-refractivity contribution is 7.07. The molecule has 0 fully saturated rings. The molecule has 2 aromatic rings. The van der Waals surface area contributed by atoms with E-state index in [1.54, 1.807) is 23.3 Å². The van der Waals surface area contributed by atoms with Crippen molar-refractivity contribution in [3.05, 3.63) is 39.9 Å². The Bertz CT molecular complexity index is 505. The van der Waals surface area contributed by atoms with E-state index in [1.165, 1.54) is 5.56 Å². The molecule has 0 saturated carbocycles. The van der Waals surface area contributed by atoms with Gasteiger partial charge in [0.25, 0.3) is 0 Å². The minimum Gasteiger partial charge on any atom is -0.361 e. The minimum absolute atomic E-state index is 0.127. The number of nitrogens with zero attached hydrogens (tertiary/aromatic N) is 2. The molecule has 0 saturated heterocycles. The molecule has 0 aromatic carbocycles. The molecule has 0 atom stereocenters. The van der Waals surface area contributed by atoms with Gasteiger partial charge in [-0.3, -0.25) is 4.79 Å². The van der Waals surface area contributed by atoms with Crippen molar-refractivity contribution in [3.8, 4) is 0 Å². The topological polar surface area (TPSA) is 46.3 Å². The molecule has 0 aliphatic rings. The number of hydrogen-bond donors (Lipinski definition) is 0. The van der Waals surface area contributed by atoms with Gasteiger partial charge in [-0.25, -0.2) is 0 Å². The van der Waals surface area contributed by atoms with Gasteiger partial charge in [0, 0.05) is 19.5 Å². The van der Waals surface area contributed by atoms with Crippen LogP contribution >= 0.6 is 11.3 Å². The monoisotopic (exact) mass is 264 g/mol. The zero-order valence-electron chi connectivity index (χ0n) is 10.5. The molecule has 2 aromatic heterocycles. The van der Waals surface area contributed by atoms with Crippen LogP contribution in [-0.2, 0) is 17.8 Å². The van der Waals surface area contributed by atoms with Crippen molar-refractivity contribution in [3.63, 3.8) is 0 Å². The first-order valence-electron chi connectivity index (χ1n) is 5.82. The molecule has 18 heavy (non-hydrogen) atoms. The van der Waals surface area contributed by atoms with Crippen LogP contribution in [0.2, 0.25) is 0 Å². The largest absolute Gasteiger partial charge is 0.361 e. The van der Waals surface area contributed by atoms with Gasteiger partial charge in [0.2, 0.25) is 5.91 Å². The van der Waals surface area contributed by atoms with Gasteiger partial charge in [0.15, 0.2) is 0 Å². The summed E-state index contributed by atoms with van der Waals surface area (Å²) in [4.78, 5) is 13.6. The summed E-state index contributed by atoms with van der Waals surface area (Å²) in [6, 6.07) is 3.90. The third-order valence-electron chi connectivity index (χ3n) is 2.71. The Morgan fingerprint density at radius 2 is 2.39 bits per heavy atom. The summed E-state index contributed by atoms with van der Waals surface area (Å²) in [7, 11) is 1.79. The van der Waals surface area contributed by atoms with Crippen LogP contribution in [0.15, 0.2) is 27.4 Å². The van der Waals surface area contributed by atoms with E-state index in [-0.39, 0.29) is 5.91 Å². The standard InChI is InChI=1S/C13H16N2O2S/c1-10-7-12(14-17-10)8-15(2)13(16)4-3-11-5-6-18-9-11/h5-7,9H,3-4,8H2,1-2H3. The molecule has 4 nitrogen and oxygen atoms in total. The van der Waals surface area contributed by atoms with E-state index >= 15 is 0 Å². The van der Waals surface area contributed by atoms with Crippen LogP contribution in [0.25, 0.3) is 0 Å². The Balaban J connectivity index is 1.81. The summed E-state index contributed by atoms with van der Waals surface area (Å²) in [5.74, 6) is 0.894. The van der Waals surface area contributed by atoms with Crippen LogP contribution in [0.4, 0.5) is 0 Å². The van der Waals surface area contributed by atoms with Crippen LogP contribution in [-0.4, -0.2) is 23.0 Å². The summed E-state index contributed by atoms with van der Waals surface area (Å²) in [5, 5.41) is 7.99. The van der Waals surface area contributed by atoms with E-state index in [0.29, 0.717) is 13.0 Å². The average molecular weight is 264 g/mol. The molecule has 96 valence electrons. The number of thiophene rings is 1. The summed E-state index contributed by atoms with van der Waals surface area (Å²) in [6.07, 6.45) is 1.33. The maximum absolute atomic E-state index is 11.9. The van der Waals surface area contributed by atoms with Gasteiger partial charge < -0.3 is 9.42 Å². The summed E-state index contributed by atoms with van der Waals surface area (Å²) in [5.41, 5.74) is 2.01. The summed E-state index contributed by atoms with van der Waals surface area (Å²) in [6.45, 7) is 2.34. The average Bonchev–Trinajstić information content (AvgIpc) is 2.97. The van der Waals surface area contributed by atoms with Crippen molar-refractivity contribution < 1.29 is 9.32 Å². The number of carbonyl (C=O) groups is 1. The van der Waals surface area contributed by atoms with Crippen molar-refractivity contribution >= 4 is 17.2 Å². The Morgan fingerprint density at radius 1 is 1.56 bits per heavy atom. The normalized spacial score (nSPS) is 10.6. The molecule has 1 amide bonds. The molecule has 2 heterocycles. The molecule has 0 unspecified atom stereocenters. The third-order valence-corrected chi connectivity index (χ3v) is 3.44. The first kappa shape index (κ1) is 12.8. The van der Waals surface area contributed by atoms with Gasteiger partial charge in [-0.1, -0.05) is 5.16 Å². The smallest absolute Gasteiger partial charge is 0.222 e. The van der Waals surface area contributed by atoms with E-state index in [0.717, 1.165) is 17.9 Å². The van der Waals surface area contributed by atoms with Gasteiger partial charge in [-0.2, -0.15) is 11.3 Å².